The van der Waals surface area contributed by atoms with Crippen LogP contribution in [-0.4, -0.2) is 34.0 Å². The van der Waals surface area contributed by atoms with Gasteiger partial charge in [0.05, 0.1) is 10.6 Å². The third-order valence-corrected chi connectivity index (χ3v) is 2.34. The van der Waals surface area contributed by atoms with Crippen LogP contribution in [0.1, 0.15) is 0 Å². The van der Waals surface area contributed by atoms with E-state index in [0.717, 1.165) is 0 Å². The summed E-state index contributed by atoms with van der Waals surface area (Å²) >= 11 is 0. The normalized spacial score (nSPS) is 14.6. The van der Waals surface area contributed by atoms with Crippen molar-refractivity contribution in [2.45, 2.75) is 0 Å². The molecule has 1 aromatic rings. The number of hydrogen-bond acceptors (Lipinski definition) is 6. The van der Waals surface area contributed by atoms with Crippen LogP contribution in [0.15, 0.2) is 29.4 Å². The lowest BCUT2D eigenvalue weighted by Crippen LogP contribution is -2.23. The van der Waals surface area contributed by atoms with Crippen LogP contribution in [0.3, 0.4) is 0 Å². The summed E-state index contributed by atoms with van der Waals surface area (Å²) in [4.78, 5) is 31.9. The van der Waals surface area contributed by atoms with Crippen molar-refractivity contribution in [1.29, 1.82) is 0 Å². The van der Waals surface area contributed by atoms with Crippen LogP contribution in [0.25, 0.3) is 0 Å². The molecule has 1 aliphatic heterocycles. The lowest BCUT2D eigenvalue weighted by atomic mass is 10.2. The molecule has 0 fully saturated rings. The van der Waals surface area contributed by atoms with E-state index in [9.17, 15) is 19.7 Å². The van der Waals surface area contributed by atoms with Gasteiger partial charge in [0.1, 0.15) is 6.54 Å². The minimum Gasteiger partial charge on any atom is -0.476 e. The first-order valence-electron chi connectivity index (χ1n) is 4.86. The Labute approximate surface area is 100 Å². The van der Waals surface area contributed by atoms with Crippen LogP contribution in [0, 0.1) is 10.1 Å². The van der Waals surface area contributed by atoms with Crippen LogP contribution in [-0.2, 0) is 9.59 Å². The van der Waals surface area contributed by atoms with Crippen molar-refractivity contribution in [3.63, 3.8) is 0 Å². The van der Waals surface area contributed by atoms with Crippen molar-refractivity contribution in [2.75, 3.05) is 11.6 Å². The van der Waals surface area contributed by atoms with E-state index in [4.69, 9.17) is 5.11 Å². The van der Waals surface area contributed by atoms with Gasteiger partial charge >= 0.3 is 5.97 Å². The number of benzene rings is 1. The number of hydrazone groups is 1. The van der Waals surface area contributed by atoms with Crippen molar-refractivity contribution in [2.24, 2.45) is 5.10 Å². The lowest BCUT2D eigenvalue weighted by molar-refractivity contribution is -0.384. The summed E-state index contributed by atoms with van der Waals surface area (Å²) in [5.74, 6) is -1.98. The number of Topliss-reactive ketones (excluding diaryl/α,β-unsaturated/α-hetero) is 1. The Kier molecular flexibility index (Phi) is 2.76. The summed E-state index contributed by atoms with van der Waals surface area (Å²) in [6.07, 6.45) is 0. The molecule has 1 aromatic carbocycles. The summed E-state index contributed by atoms with van der Waals surface area (Å²) in [5.41, 5.74) is -0.203. The molecule has 1 heterocycles. The van der Waals surface area contributed by atoms with Gasteiger partial charge in [0.15, 0.2) is 0 Å². The van der Waals surface area contributed by atoms with Crippen molar-refractivity contribution in [3.8, 4) is 0 Å². The molecule has 2 rings (SSSR count). The molecular formula is C10H7N3O5. The number of anilines is 1. The van der Waals surface area contributed by atoms with Gasteiger partial charge in [-0.2, -0.15) is 5.10 Å². The van der Waals surface area contributed by atoms with E-state index in [0.29, 0.717) is 5.69 Å². The van der Waals surface area contributed by atoms with Gasteiger partial charge in [-0.05, 0) is 12.1 Å². The zero-order valence-electron chi connectivity index (χ0n) is 8.94. The number of carbonyl (C=O) groups excluding carboxylic acids is 1. The van der Waals surface area contributed by atoms with E-state index in [2.05, 4.69) is 5.10 Å². The van der Waals surface area contributed by atoms with Crippen LogP contribution in [0.2, 0.25) is 0 Å². The summed E-state index contributed by atoms with van der Waals surface area (Å²) < 4.78 is 0. The maximum atomic E-state index is 11.3. The first-order chi connectivity index (χ1) is 8.49. The Morgan fingerprint density at radius 3 is 2.44 bits per heavy atom. The molecule has 0 atom stereocenters. The number of ketones is 1. The number of nitrogens with zero attached hydrogens (tertiary/aromatic N) is 3. The number of non-ortho nitro benzene ring substituents is 1. The fraction of sp³-hybridized carbons (Fsp3) is 0.100. The van der Waals surface area contributed by atoms with E-state index < -0.39 is 22.4 Å². The van der Waals surface area contributed by atoms with Crippen LogP contribution < -0.4 is 5.01 Å². The predicted octanol–water partition coefficient (Wildman–Crippen LogP) is 0.425. The molecule has 8 nitrogen and oxygen atoms in total. The number of rotatable bonds is 3. The van der Waals surface area contributed by atoms with Gasteiger partial charge in [-0.1, -0.05) is 0 Å². The molecular weight excluding hydrogens is 242 g/mol. The quantitative estimate of drug-likeness (QED) is 0.613. The first kappa shape index (κ1) is 11.7. The number of hydrogen-bond donors (Lipinski definition) is 1. The second kappa shape index (κ2) is 4.24. The van der Waals surface area contributed by atoms with E-state index in [1.807, 2.05) is 0 Å². The average molecular weight is 249 g/mol. The SMILES string of the molecule is O=C(O)C1=NN(c2ccc([N+](=O)[O-])cc2)CC1=O. The highest BCUT2D eigenvalue weighted by atomic mass is 16.6. The van der Waals surface area contributed by atoms with E-state index >= 15 is 0 Å². The molecule has 1 N–H and O–H groups in total. The molecule has 0 spiro atoms. The van der Waals surface area contributed by atoms with Crippen LogP contribution >= 0.6 is 0 Å². The number of aliphatic carboxylic acids is 1. The predicted molar refractivity (Wildman–Crippen MR) is 60.5 cm³/mol. The van der Waals surface area contributed by atoms with Gasteiger partial charge < -0.3 is 5.11 Å². The molecule has 0 bridgehead atoms. The second-order valence-electron chi connectivity index (χ2n) is 3.51. The average Bonchev–Trinajstić information content (AvgIpc) is 2.71. The fourth-order valence-electron chi connectivity index (χ4n) is 1.48. The van der Waals surface area contributed by atoms with E-state index in [-0.39, 0.29) is 12.2 Å². The topological polar surface area (TPSA) is 113 Å². The van der Waals surface area contributed by atoms with Crippen molar-refractivity contribution in [1.82, 2.24) is 0 Å². The molecule has 0 aliphatic carbocycles. The minimum absolute atomic E-state index is 0.0910. The maximum Gasteiger partial charge on any atom is 0.360 e. The fourth-order valence-corrected chi connectivity index (χ4v) is 1.48. The number of carbonyl (C=O) groups is 2. The summed E-state index contributed by atoms with van der Waals surface area (Å²) in [6.45, 7) is -0.181. The molecule has 1 aliphatic rings. The number of carboxylic acids is 1. The van der Waals surface area contributed by atoms with E-state index in [1.165, 1.54) is 29.3 Å². The Bertz CT molecular complexity index is 563. The highest BCUT2D eigenvalue weighted by Crippen LogP contribution is 2.21. The van der Waals surface area contributed by atoms with Gasteiger partial charge in [0, 0.05) is 12.1 Å². The van der Waals surface area contributed by atoms with Crippen LogP contribution in [0.4, 0.5) is 11.4 Å². The molecule has 18 heavy (non-hydrogen) atoms. The smallest absolute Gasteiger partial charge is 0.360 e. The van der Waals surface area contributed by atoms with Crippen molar-refractivity contribution in [3.05, 3.63) is 34.4 Å². The van der Waals surface area contributed by atoms with Crippen LogP contribution in [0.5, 0.6) is 0 Å². The van der Waals surface area contributed by atoms with Crippen molar-refractivity contribution >= 4 is 28.8 Å². The zero-order valence-corrected chi connectivity index (χ0v) is 8.94. The molecule has 92 valence electrons. The Morgan fingerprint density at radius 1 is 1.39 bits per heavy atom. The standard InChI is InChI=1S/C10H7N3O5/c14-8-5-12(11-9(8)10(15)16)6-1-3-7(4-2-6)13(17)18/h1-4H,5H2,(H,15,16). The molecule has 0 amide bonds. The number of nitro benzene ring substituents is 1. The lowest BCUT2D eigenvalue weighted by Gasteiger charge is -2.11. The summed E-state index contributed by atoms with van der Waals surface area (Å²) in [5, 5.41) is 24.0. The molecule has 0 aromatic heterocycles. The summed E-state index contributed by atoms with van der Waals surface area (Å²) in [6, 6.07) is 5.32. The Hall–Kier alpha value is -2.77. The number of carboxylic acid groups (broad SMARTS) is 1. The van der Waals surface area contributed by atoms with Gasteiger partial charge in [-0.3, -0.25) is 19.9 Å². The third-order valence-electron chi connectivity index (χ3n) is 2.34. The van der Waals surface area contributed by atoms with E-state index in [1.54, 1.807) is 0 Å². The molecule has 0 unspecified atom stereocenters. The second-order valence-corrected chi connectivity index (χ2v) is 3.51. The third kappa shape index (κ3) is 2.03. The first-order valence-corrected chi connectivity index (χ1v) is 4.86. The van der Waals surface area contributed by atoms with Gasteiger partial charge in [-0.15, -0.1) is 0 Å². The van der Waals surface area contributed by atoms with Gasteiger partial charge in [0.2, 0.25) is 11.5 Å². The summed E-state index contributed by atoms with van der Waals surface area (Å²) in [7, 11) is 0. The monoisotopic (exact) mass is 249 g/mol. The number of nitro groups is 1. The maximum absolute atomic E-state index is 11.3. The molecule has 0 saturated heterocycles. The Morgan fingerprint density at radius 2 is 2.00 bits per heavy atom. The highest BCUT2D eigenvalue weighted by molar-refractivity contribution is 6.65. The molecule has 0 radical (unpaired) electrons. The van der Waals surface area contributed by atoms with Gasteiger partial charge in [0.25, 0.3) is 5.69 Å². The minimum atomic E-state index is -1.38. The largest absolute Gasteiger partial charge is 0.476 e. The Balaban J connectivity index is 2.26. The highest BCUT2D eigenvalue weighted by Gasteiger charge is 2.29. The van der Waals surface area contributed by atoms with Gasteiger partial charge in [-0.25, -0.2) is 4.79 Å². The molecule has 0 saturated carbocycles. The zero-order chi connectivity index (χ0) is 13.3. The molecule has 8 heteroatoms. The van der Waals surface area contributed by atoms with Crippen molar-refractivity contribution < 1.29 is 19.6 Å².